The molecule has 0 aromatic heterocycles. The van der Waals surface area contributed by atoms with E-state index in [0.717, 1.165) is 25.7 Å². The second-order valence-electron chi connectivity index (χ2n) is 7.13. The molecule has 5 N–H and O–H groups in total. The maximum Gasteiger partial charge on any atom is 0.223 e. The van der Waals surface area contributed by atoms with Crippen LogP contribution in [0.4, 0.5) is 0 Å². The molecule has 3 aliphatic rings. The van der Waals surface area contributed by atoms with E-state index in [1.54, 1.807) is 0 Å². The zero-order chi connectivity index (χ0) is 13.5. The zero-order valence-corrected chi connectivity index (χ0v) is 11.7. The van der Waals surface area contributed by atoms with Gasteiger partial charge in [-0.1, -0.05) is 6.42 Å². The Bertz CT molecular complexity index is 339. The van der Waals surface area contributed by atoms with Crippen LogP contribution in [0, 0.1) is 17.8 Å². The third kappa shape index (κ3) is 2.65. The van der Waals surface area contributed by atoms with Crippen molar-refractivity contribution < 1.29 is 4.79 Å². The van der Waals surface area contributed by atoms with Gasteiger partial charge in [-0.15, -0.1) is 0 Å². The number of hydrogen-bond acceptors (Lipinski definition) is 3. The lowest BCUT2D eigenvalue weighted by atomic mass is 9.65. The first-order valence-electron chi connectivity index (χ1n) is 7.90. The van der Waals surface area contributed by atoms with Gasteiger partial charge in [0.2, 0.25) is 5.91 Å². The molecule has 108 valence electrons. The molecule has 2 bridgehead atoms. The van der Waals surface area contributed by atoms with Crippen LogP contribution in [0.3, 0.4) is 0 Å². The van der Waals surface area contributed by atoms with E-state index in [9.17, 15) is 4.79 Å². The van der Waals surface area contributed by atoms with Crippen molar-refractivity contribution in [3.05, 3.63) is 0 Å². The summed E-state index contributed by atoms with van der Waals surface area (Å²) in [6.07, 6.45) is 8.99. The molecule has 3 saturated carbocycles. The number of fused-ring (bicyclic) bond motifs is 2. The second-order valence-corrected chi connectivity index (χ2v) is 7.13. The first-order valence-corrected chi connectivity index (χ1v) is 7.90. The average Bonchev–Trinajstić information content (AvgIpc) is 2.33. The summed E-state index contributed by atoms with van der Waals surface area (Å²) in [5, 5.41) is 3.09. The molecule has 2 atom stereocenters. The number of nitrogens with two attached hydrogens (primary N) is 2. The van der Waals surface area contributed by atoms with E-state index in [4.69, 9.17) is 11.5 Å². The third-order valence-electron chi connectivity index (χ3n) is 5.75. The molecular weight excluding hydrogens is 238 g/mol. The molecule has 0 aliphatic heterocycles. The molecule has 0 radical (unpaired) electrons. The molecule has 0 saturated heterocycles. The molecule has 0 aromatic carbocycles. The van der Waals surface area contributed by atoms with Crippen molar-refractivity contribution in [2.45, 2.75) is 62.9 Å². The Morgan fingerprint density at radius 2 is 1.79 bits per heavy atom. The fourth-order valence-electron chi connectivity index (χ4n) is 4.22. The van der Waals surface area contributed by atoms with Gasteiger partial charge < -0.3 is 16.8 Å². The highest BCUT2D eigenvalue weighted by atomic mass is 16.1. The topological polar surface area (TPSA) is 81.1 Å². The minimum absolute atomic E-state index is 0.114. The van der Waals surface area contributed by atoms with E-state index in [2.05, 4.69) is 5.32 Å². The molecular formula is C15H27N3O. The van der Waals surface area contributed by atoms with Crippen molar-refractivity contribution in [3.63, 3.8) is 0 Å². The lowest BCUT2D eigenvalue weighted by Gasteiger charge is -2.44. The van der Waals surface area contributed by atoms with Crippen LogP contribution in [-0.2, 0) is 4.79 Å². The molecule has 19 heavy (non-hydrogen) atoms. The molecule has 3 fully saturated rings. The van der Waals surface area contributed by atoms with Gasteiger partial charge in [0.15, 0.2) is 0 Å². The molecule has 0 heterocycles. The smallest absolute Gasteiger partial charge is 0.223 e. The third-order valence-corrected chi connectivity index (χ3v) is 5.75. The van der Waals surface area contributed by atoms with E-state index < -0.39 is 0 Å². The van der Waals surface area contributed by atoms with Gasteiger partial charge in [0.25, 0.3) is 0 Å². The summed E-state index contributed by atoms with van der Waals surface area (Å²) in [4.78, 5) is 12.3. The Hall–Kier alpha value is -0.610. The number of rotatable bonds is 3. The molecule has 0 aromatic rings. The van der Waals surface area contributed by atoms with Crippen molar-refractivity contribution >= 4 is 5.91 Å². The van der Waals surface area contributed by atoms with Crippen LogP contribution in [-0.4, -0.2) is 24.0 Å². The van der Waals surface area contributed by atoms with Gasteiger partial charge in [-0.05, 0) is 56.8 Å². The highest BCUT2D eigenvalue weighted by Gasteiger charge is 2.41. The Morgan fingerprint density at radius 3 is 2.32 bits per heavy atom. The Balaban J connectivity index is 1.53. The number of hydrogen-bond donors (Lipinski definition) is 3. The van der Waals surface area contributed by atoms with E-state index in [1.165, 1.54) is 25.7 Å². The standard InChI is InChI=1S/C15H27N3O/c16-13-10-3-1-4-11(13)8-12(7-10)14(19)18-9-15(17)5-2-6-15/h10-13H,1-9,16-17H2,(H,18,19). The number of amides is 1. The van der Waals surface area contributed by atoms with Gasteiger partial charge >= 0.3 is 0 Å². The highest BCUT2D eigenvalue weighted by Crippen LogP contribution is 2.42. The maximum atomic E-state index is 12.3. The molecule has 4 heteroatoms. The van der Waals surface area contributed by atoms with Gasteiger partial charge in [0.05, 0.1) is 0 Å². The molecule has 0 spiro atoms. The van der Waals surface area contributed by atoms with Crippen molar-refractivity contribution in [2.75, 3.05) is 6.54 Å². The van der Waals surface area contributed by atoms with Crippen LogP contribution in [0.5, 0.6) is 0 Å². The Morgan fingerprint density at radius 1 is 1.16 bits per heavy atom. The molecule has 2 unspecified atom stereocenters. The summed E-state index contributed by atoms with van der Waals surface area (Å²) in [6.45, 7) is 0.656. The fraction of sp³-hybridized carbons (Fsp3) is 0.933. The predicted octanol–water partition coefficient (Wildman–Crippen LogP) is 1.14. The monoisotopic (exact) mass is 265 g/mol. The quantitative estimate of drug-likeness (QED) is 0.715. The Kier molecular flexibility index (Phi) is 3.56. The molecule has 3 aliphatic carbocycles. The molecule has 4 nitrogen and oxygen atoms in total. The Labute approximate surface area is 115 Å². The number of carbonyl (C=O) groups excluding carboxylic acids is 1. The normalized spacial score (nSPS) is 40.3. The zero-order valence-electron chi connectivity index (χ0n) is 11.7. The number of nitrogens with one attached hydrogen (secondary N) is 1. The highest BCUT2D eigenvalue weighted by molar-refractivity contribution is 5.79. The lowest BCUT2D eigenvalue weighted by Crippen LogP contribution is -2.56. The largest absolute Gasteiger partial charge is 0.354 e. The van der Waals surface area contributed by atoms with E-state index >= 15 is 0 Å². The summed E-state index contributed by atoms with van der Waals surface area (Å²) < 4.78 is 0. The van der Waals surface area contributed by atoms with Gasteiger partial charge in [-0.25, -0.2) is 0 Å². The van der Waals surface area contributed by atoms with E-state index in [-0.39, 0.29) is 17.4 Å². The van der Waals surface area contributed by atoms with Crippen molar-refractivity contribution in [1.82, 2.24) is 5.32 Å². The summed E-state index contributed by atoms with van der Waals surface area (Å²) in [6, 6.07) is 0.338. The maximum absolute atomic E-state index is 12.3. The van der Waals surface area contributed by atoms with Crippen molar-refractivity contribution in [1.29, 1.82) is 0 Å². The van der Waals surface area contributed by atoms with Crippen molar-refractivity contribution in [3.8, 4) is 0 Å². The van der Waals surface area contributed by atoms with Crippen LogP contribution in [0.15, 0.2) is 0 Å². The van der Waals surface area contributed by atoms with Crippen LogP contribution >= 0.6 is 0 Å². The van der Waals surface area contributed by atoms with Crippen LogP contribution in [0.25, 0.3) is 0 Å². The molecule has 1 amide bonds. The predicted molar refractivity (Wildman–Crippen MR) is 75.3 cm³/mol. The minimum atomic E-state index is -0.114. The van der Waals surface area contributed by atoms with Gasteiger partial charge in [-0.3, -0.25) is 4.79 Å². The van der Waals surface area contributed by atoms with Crippen LogP contribution in [0.2, 0.25) is 0 Å². The summed E-state index contributed by atoms with van der Waals surface area (Å²) in [5.74, 6) is 1.54. The average molecular weight is 265 g/mol. The SMILES string of the molecule is NC1C2CCCC1CC(C(=O)NCC1(N)CCC1)C2. The fourth-order valence-corrected chi connectivity index (χ4v) is 4.22. The van der Waals surface area contributed by atoms with Gasteiger partial charge in [0, 0.05) is 24.0 Å². The van der Waals surface area contributed by atoms with E-state index in [1.807, 2.05) is 0 Å². The van der Waals surface area contributed by atoms with E-state index in [0.29, 0.717) is 24.4 Å². The summed E-state index contributed by atoms with van der Waals surface area (Å²) >= 11 is 0. The number of carbonyl (C=O) groups is 1. The minimum Gasteiger partial charge on any atom is -0.354 e. The first-order chi connectivity index (χ1) is 9.07. The van der Waals surface area contributed by atoms with Gasteiger partial charge in [-0.2, -0.15) is 0 Å². The molecule has 3 rings (SSSR count). The second kappa shape index (κ2) is 5.06. The van der Waals surface area contributed by atoms with Crippen LogP contribution in [0.1, 0.15) is 51.4 Å². The first kappa shape index (κ1) is 13.4. The lowest BCUT2D eigenvalue weighted by molar-refractivity contribution is -0.128. The van der Waals surface area contributed by atoms with Gasteiger partial charge in [0.1, 0.15) is 0 Å². The summed E-state index contributed by atoms with van der Waals surface area (Å²) in [7, 11) is 0. The summed E-state index contributed by atoms with van der Waals surface area (Å²) in [5.41, 5.74) is 12.3. The van der Waals surface area contributed by atoms with Crippen LogP contribution < -0.4 is 16.8 Å². The van der Waals surface area contributed by atoms with Crippen molar-refractivity contribution in [2.24, 2.45) is 29.2 Å².